The van der Waals surface area contributed by atoms with Gasteiger partial charge in [-0.3, -0.25) is 0 Å². The maximum Gasteiger partial charge on any atom is 0.417 e. The van der Waals surface area contributed by atoms with Gasteiger partial charge in [0.15, 0.2) is 17.5 Å². The SMILES string of the molecule is FC(F)(F)c1ccc(-c2ccc3c4ccccc4n(-c4ccc(-c5cccc6sc7ccccc7c56)cc4-c4nc(-c5ccccc5)nc(-c5ccccc5)n4)c3c2)c(C(F)(F)F)c1. The molecule has 11 heteroatoms. The molecule has 310 valence electrons. The summed E-state index contributed by atoms with van der Waals surface area (Å²) in [5.41, 5.74) is 2.92. The van der Waals surface area contributed by atoms with Crippen molar-refractivity contribution in [3.63, 3.8) is 0 Å². The molecule has 3 heterocycles. The van der Waals surface area contributed by atoms with Crippen LogP contribution in [0.5, 0.6) is 0 Å². The van der Waals surface area contributed by atoms with Crippen molar-refractivity contribution in [2.24, 2.45) is 0 Å². The molecule has 8 aromatic carbocycles. The van der Waals surface area contributed by atoms with Crippen LogP contribution in [-0.4, -0.2) is 19.5 Å². The Bertz CT molecular complexity index is 3540. The van der Waals surface area contributed by atoms with Crippen LogP contribution in [0.4, 0.5) is 26.3 Å². The molecule has 0 amide bonds. The topological polar surface area (TPSA) is 43.6 Å². The lowest BCUT2D eigenvalue weighted by molar-refractivity contribution is -0.142. The highest BCUT2D eigenvalue weighted by Gasteiger charge is 2.38. The highest BCUT2D eigenvalue weighted by Crippen LogP contribution is 2.45. The first-order chi connectivity index (χ1) is 31.0. The number of hydrogen-bond donors (Lipinski definition) is 0. The Morgan fingerprint density at radius 2 is 0.984 bits per heavy atom. The predicted octanol–water partition coefficient (Wildman–Crippen LogP) is 15.7. The Hall–Kier alpha value is -7.63. The minimum Gasteiger partial charge on any atom is -0.308 e. The zero-order valence-electron chi connectivity index (χ0n) is 33.3. The molecule has 0 fully saturated rings. The normalized spacial score (nSPS) is 12.2. The zero-order valence-corrected chi connectivity index (χ0v) is 34.1. The van der Waals surface area contributed by atoms with E-state index in [0.717, 1.165) is 64.8 Å². The molecule has 0 spiro atoms. The summed E-state index contributed by atoms with van der Waals surface area (Å²) in [5.74, 6) is 1.24. The van der Waals surface area contributed by atoms with Gasteiger partial charge in [0.2, 0.25) is 0 Å². The van der Waals surface area contributed by atoms with E-state index < -0.39 is 23.5 Å². The lowest BCUT2D eigenvalue weighted by Gasteiger charge is -2.18. The smallest absolute Gasteiger partial charge is 0.308 e. The third kappa shape index (κ3) is 6.76. The average molecular weight is 869 g/mol. The maximum absolute atomic E-state index is 14.6. The maximum atomic E-state index is 14.6. The van der Waals surface area contributed by atoms with Crippen molar-refractivity contribution in [2.75, 3.05) is 0 Å². The third-order valence-corrected chi connectivity index (χ3v) is 12.7. The zero-order chi connectivity index (χ0) is 43.7. The van der Waals surface area contributed by atoms with Crippen LogP contribution < -0.4 is 0 Å². The van der Waals surface area contributed by atoms with Gasteiger partial charge in [-0.2, -0.15) is 26.3 Å². The van der Waals surface area contributed by atoms with Gasteiger partial charge < -0.3 is 4.57 Å². The molecule has 64 heavy (non-hydrogen) atoms. The number of thiophene rings is 1. The fourth-order valence-corrected chi connectivity index (χ4v) is 9.76. The third-order valence-electron chi connectivity index (χ3n) is 11.5. The van der Waals surface area contributed by atoms with Crippen LogP contribution in [0.2, 0.25) is 0 Å². The van der Waals surface area contributed by atoms with E-state index in [0.29, 0.717) is 40.3 Å². The molecule has 0 atom stereocenters. The minimum absolute atomic E-state index is 0.102. The summed E-state index contributed by atoms with van der Waals surface area (Å²) in [4.78, 5) is 15.2. The monoisotopic (exact) mass is 868 g/mol. The van der Waals surface area contributed by atoms with E-state index in [1.54, 1.807) is 23.5 Å². The number of hydrogen-bond acceptors (Lipinski definition) is 4. The molecule has 0 saturated carbocycles. The molecule has 4 nitrogen and oxygen atoms in total. The molecule has 11 aromatic rings. The van der Waals surface area contributed by atoms with E-state index in [1.807, 2.05) is 120 Å². The van der Waals surface area contributed by atoms with Crippen molar-refractivity contribution in [2.45, 2.75) is 12.4 Å². The summed E-state index contributed by atoms with van der Waals surface area (Å²) < 4.78 is 89.4. The Balaban J connectivity index is 1.22. The summed E-state index contributed by atoms with van der Waals surface area (Å²) in [7, 11) is 0. The summed E-state index contributed by atoms with van der Waals surface area (Å²) in [6.07, 6.45) is -10.0. The highest BCUT2D eigenvalue weighted by atomic mass is 32.1. The van der Waals surface area contributed by atoms with E-state index in [2.05, 4.69) is 30.3 Å². The second-order valence-corrected chi connectivity index (χ2v) is 16.5. The first-order valence-electron chi connectivity index (χ1n) is 20.2. The van der Waals surface area contributed by atoms with Gasteiger partial charge in [-0.05, 0) is 70.8 Å². The van der Waals surface area contributed by atoms with E-state index in [9.17, 15) is 26.3 Å². The van der Waals surface area contributed by atoms with Gasteiger partial charge in [-0.15, -0.1) is 11.3 Å². The van der Waals surface area contributed by atoms with Crippen LogP contribution in [-0.2, 0) is 12.4 Å². The van der Waals surface area contributed by atoms with Crippen LogP contribution >= 0.6 is 11.3 Å². The van der Waals surface area contributed by atoms with Crippen molar-refractivity contribution >= 4 is 53.3 Å². The molecule has 3 aromatic heterocycles. The van der Waals surface area contributed by atoms with Gasteiger partial charge in [0.25, 0.3) is 0 Å². The number of benzene rings is 8. The molecule has 0 radical (unpaired) electrons. The summed E-state index contributed by atoms with van der Waals surface area (Å²) >= 11 is 1.71. The van der Waals surface area contributed by atoms with Gasteiger partial charge >= 0.3 is 12.4 Å². The lowest BCUT2D eigenvalue weighted by atomic mass is 9.95. The first-order valence-corrected chi connectivity index (χ1v) is 21.1. The largest absolute Gasteiger partial charge is 0.417 e. The number of nitrogens with zero attached hydrogens (tertiary/aromatic N) is 4. The second-order valence-electron chi connectivity index (χ2n) is 15.4. The van der Waals surface area contributed by atoms with Gasteiger partial charge in [0, 0.05) is 47.6 Å². The number of rotatable bonds is 6. The fourth-order valence-electron chi connectivity index (χ4n) is 8.63. The number of alkyl halides is 6. The van der Waals surface area contributed by atoms with Crippen molar-refractivity contribution in [3.8, 4) is 62.1 Å². The van der Waals surface area contributed by atoms with E-state index in [-0.39, 0.29) is 17.2 Å². The molecule has 0 aliphatic carbocycles. The molecule has 0 N–H and O–H groups in total. The molecule has 0 unspecified atom stereocenters. The van der Waals surface area contributed by atoms with Crippen LogP contribution in [0.25, 0.3) is 104 Å². The Kier molecular flexibility index (Phi) is 9.21. The average Bonchev–Trinajstić information content (AvgIpc) is 3.87. The minimum atomic E-state index is -5.07. The summed E-state index contributed by atoms with van der Waals surface area (Å²) in [5, 5.41) is 3.78. The van der Waals surface area contributed by atoms with E-state index >= 15 is 0 Å². The number of para-hydroxylation sites is 1. The molecule has 0 aliphatic rings. The molecule has 0 aliphatic heterocycles. The van der Waals surface area contributed by atoms with Crippen molar-refractivity contribution in [1.29, 1.82) is 0 Å². The summed E-state index contributed by atoms with van der Waals surface area (Å²) in [6, 6.07) is 54.0. The number of fused-ring (bicyclic) bond motifs is 6. The Labute approximate surface area is 365 Å². The van der Waals surface area contributed by atoms with Crippen molar-refractivity contribution < 1.29 is 26.3 Å². The molecular weight excluding hydrogens is 839 g/mol. The van der Waals surface area contributed by atoms with Crippen molar-refractivity contribution in [3.05, 3.63) is 193 Å². The van der Waals surface area contributed by atoms with Crippen molar-refractivity contribution in [1.82, 2.24) is 19.5 Å². The Morgan fingerprint density at radius 3 is 1.69 bits per heavy atom. The predicted molar refractivity (Wildman–Crippen MR) is 244 cm³/mol. The van der Waals surface area contributed by atoms with Gasteiger partial charge in [-0.25, -0.2) is 15.0 Å². The van der Waals surface area contributed by atoms with Crippen LogP contribution in [0.15, 0.2) is 182 Å². The highest BCUT2D eigenvalue weighted by molar-refractivity contribution is 7.25. The number of halogens is 6. The number of aromatic nitrogens is 4. The quantitative estimate of drug-likeness (QED) is 0.156. The van der Waals surface area contributed by atoms with Crippen LogP contribution in [0.1, 0.15) is 11.1 Å². The molecule has 0 bridgehead atoms. The van der Waals surface area contributed by atoms with Crippen LogP contribution in [0, 0.1) is 0 Å². The fraction of sp³-hybridized carbons (Fsp3) is 0.0377. The van der Waals surface area contributed by atoms with Gasteiger partial charge in [0.05, 0.1) is 27.8 Å². The van der Waals surface area contributed by atoms with E-state index in [4.69, 9.17) is 15.0 Å². The van der Waals surface area contributed by atoms with Crippen LogP contribution in [0.3, 0.4) is 0 Å². The summed E-state index contributed by atoms with van der Waals surface area (Å²) in [6.45, 7) is 0. The van der Waals surface area contributed by atoms with Gasteiger partial charge in [0.1, 0.15) is 0 Å². The standard InChI is InChI=1S/C53H30F6N4S/c54-52(55,56)35-24-26-36(42(30-35)53(57,58)59)34-22-25-39-38-16-7-9-19-43(38)63(45(39)29-34)44-27-23-33(37-18-11-21-47-48(37)40-17-8-10-20-46(40)64-47)28-41(44)51-61-49(31-12-3-1-4-13-31)60-50(62-51)32-14-5-2-6-15-32/h1-30H. The Morgan fingerprint density at radius 1 is 0.391 bits per heavy atom. The van der Waals surface area contributed by atoms with E-state index in [1.165, 1.54) is 6.07 Å². The molecular formula is C53H30F6N4S. The molecule has 0 saturated heterocycles. The first kappa shape index (κ1) is 39.2. The second kappa shape index (κ2) is 15.0. The molecule has 11 rings (SSSR count). The lowest BCUT2D eigenvalue weighted by Crippen LogP contribution is -2.12. The van der Waals surface area contributed by atoms with Gasteiger partial charge in [-0.1, -0.05) is 133 Å².